The molecule has 44 heavy (non-hydrogen) atoms. The van der Waals surface area contributed by atoms with Gasteiger partial charge in [-0.05, 0) is 31.9 Å². The number of nitrogens with one attached hydrogen (secondary N) is 2. The molecule has 0 saturated carbocycles. The van der Waals surface area contributed by atoms with Crippen LogP contribution in [0, 0.1) is 0 Å². The van der Waals surface area contributed by atoms with Crippen molar-refractivity contribution in [1.29, 1.82) is 0 Å². The van der Waals surface area contributed by atoms with Crippen molar-refractivity contribution in [2.24, 2.45) is 0 Å². The Morgan fingerprint density at radius 2 is 1.86 bits per heavy atom. The van der Waals surface area contributed by atoms with Crippen LogP contribution in [0.4, 0.5) is 4.79 Å². The van der Waals surface area contributed by atoms with Gasteiger partial charge in [-0.25, -0.2) is 13.2 Å². The fourth-order valence-electron chi connectivity index (χ4n) is 4.05. The number of benzene rings is 1. The number of carbonyl (C=O) groups excluding carboxylic acids is 4. The van der Waals surface area contributed by atoms with Crippen molar-refractivity contribution in [1.82, 2.24) is 25.7 Å². The van der Waals surface area contributed by atoms with E-state index in [-0.39, 0.29) is 81.5 Å². The molecular weight excluding hydrogens is 660 g/mol. The quantitative estimate of drug-likeness (QED) is 0.103. The number of amides is 3. The normalized spacial score (nSPS) is 18.5. The van der Waals surface area contributed by atoms with E-state index in [9.17, 15) is 37.3 Å². The summed E-state index contributed by atoms with van der Waals surface area (Å²) in [6, 6.07) is 6.06. The number of carboxylic acids is 1. The zero-order valence-corrected chi connectivity index (χ0v) is 30.8. The maximum Gasteiger partial charge on any atom is 1.00 e. The molecule has 0 spiro atoms. The molecule has 3 amide bonds. The van der Waals surface area contributed by atoms with E-state index in [1.165, 1.54) is 11.8 Å². The number of ether oxygens (including phenoxy) is 1. The van der Waals surface area contributed by atoms with Crippen LogP contribution in [0.15, 0.2) is 51.2 Å². The van der Waals surface area contributed by atoms with E-state index in [0.717, 1.165) is 16.7 Å². The van der Waals surface area contributed by atoms with E-state index < -0.39 is 68.7 Å². The van der Waals surface area contributed by atoms with Crippen molar-refractivity contribution < 1.29 is 106 Å². The number of hydrogen-bond donors (Lipinski definition) is 2. The summed E-state index contributed by atoms with van der Waals surface area (Å²) in [5.74, 6) is -4.27. The average molecular weight is 686 g/mol. The molecule has 2 aromatic rings. The molecule has 1 fully saturated rings. The first-order valence-electron chi connectivity index (χ1n) is 12.2. The molecule has 2 N–H and O–H groups in total. The van der Waals surface area contributed by atoms with E-state index in [1.807, 2.05) is 0 Å². The van der Waals surface area contributed by atoms with Gasteiger partial charge in [0.1, 0.15) is 38.9 Å². The topological polar surface area (TPSA) is 224 Å². The van der Waals surface area contributed by atoms with Gasteiger partial charge in [0.2, 0.25) is 11.8 Å². The molecule has 226 valence electrons. The van der Waals surface area contributed by atoms with Crippen LogP contribution >= 0.6 is 23.5 Å². The van der Waals surface area contributed by atoms with Crippen LogP contribution in [-0.2, 0) is 35.0 Å². The maximum atomic E-state index is 13.3. The number of rotatable bonds is 10. The number of carboxylic acid groups (broad SMARTS) is 1. The Morgan fingerprint density at radius 1 is 1.20 bits per heavy atom. The Morgan fingerprint density at radius 3 is 2.45 bits per heavy atom. The van der Waals surface area contributed by atoms with Gasteiger partial charge in [0.05, 0.1) is 11.7 Å². The molecule has 1 aromatic heterocycles. The Hall–Kier alpha value is -1.61. The monoisotopic (exact) mass is 685 g/mol. The number of thioether (sulfide) groups is 2. The Bertz CT molecular complexity index is 1530. The summed E-state index contributed by atoms with van der Waals surface area (Å²) in [7, 11) is -4.64. The number of aliphatic carboxylic acids is 1. The molecule has 1 saturated heterocycles. The third-order valence-corrected chi connectivity index (χ3v) is 8.56. The molecule has 15 nitrogen and oxygen atoms in total. The van der Waals surface area contributed by atoms with Crippen LogP contribution in [0.3, 0.4) is 0 Å². The molecule has 2 aliphatic rings. The van der Waals surface area contributed by atoms with Gasteiger partial charge in [0.25, 0.3) is 11.1 Å². The molecule has 2 unspecified atom stereocenters. The number of hydrogen-bond acceptors (Lipinski definition) is 14. The number of alkyl carbamates (subject to hydrolysis) is 1. The van der Waals surface area contributed by atoms with Crippen molar-refractivity contribution in [3.63, 3.8) is 0 Å². The molecule has 3 atom stereocenters. The average Bonchev–Trinajstić information content (AvgIpc) is 3.33. The second-order valence-corrected chi connectivity index (χ2v) is 13.5. The predicted molar refractivity (Wildman–Crippen MR) is 144 cm³/mol. The van der Waals surface area contributed by atoms with Crippen LogP contribution in [0.2, 0.25) is 0 Å². The summed E-state index contributed by atoms with van der Waals surface area (Å²) in [4.78, 5) is 51.9. The van der Waals surface area contributed by atoms with Gasteiger partial charge < -0.3 is 34.2 Å². The van der Waals surface area contributed by atoms with Crippen LogP contribution in [-0.4, -0.2) is 80.5 Å². The van der Waals surface area contributed by atoms with Crippen molar-refractivity contribution in [3.8, 4) is 0 Å². The minimum Gasteiger partial charge on any atom is -0.748 e. The number of β-lactam (4-membered cyclic amide) rings is 1. The van der Waals surface area contributed by atoms with E-state index in [0.29, 0.717) is 11.1 Å². The smallest absolute Gasteiger partial charge is 0.748 e. The molecule has 0 bridgehead atoms. The van der Waals surface area contributed by atoms with Crippen molar-refractivity contribution in [2.75, 3.05) is 11.5 Å². The number of fused-ring (bicyclic) bond motifs is 1. The second-order valence-electron chi connectivity index (χ2n) is 10.1. The van der Waals surface area contributed by atoms with Crippen LogP contribution < -0.4 is 74.9 Å². The fourth-order valence-corrected chi connectivity index (χ4v) is 6.73. The van der Waals surface area contributed by atoms with Crippen LogP contribution in [0.5, 0.6) is 0 Å². The van der Waals surface area contributed by atoms with Gasteiger partial charge in [-0.1, -0.05) is 42.1 Å². The summed E-state index contributed by atoms with van der Waals surface area (Å²) >= 11 is 2.09. The molecule has 4 rings (SSSR count). The van der Waals surface area contributed by atoms with Gasteiger partial charge in [0, 0.05) is 11.5 Å². The van der Waals surface area contributed by atoms with Crippen molar-refractivity contribution >= 4 is 57.5 Å². The SMILES string of the molecule is CC(C)(C)OC(=O)NC(C(=O)NC1C(=O)N2C(C(=O)[O-])=C(CSc3nnc(CS(=O)(=O)[O-])o3)CS[C@@H]12)c1ccccc1.[Na+].[Na+]. The molecule has 0 aliphatic carbocycles. The first-order chi connectivity index (χ1) is 19.6. The summed E-state index contributed by atoms with van der Waals surface area (Å²) < 4.78 is 43.0. The summed E-state index contributed by atoms with van der Waals surface area (Å²) in [5.41, 5.74) is -0.454. The minimum atomic E-state index is -4.64. The van der Waals surface area contributed by atoms with Gasteiger partial charge in [-0.15, -0.1) is 22.0 Å². The van der Waals surface area contributed by atoms with Gasteiger partial charge in [-0.3, -0.25) is 14.5 Å². The fraction of sp³-hybridized carbons (Fsp3) is 0.417. The molecule has 3 heterocycles. The molecule has 1 aromatic carbocycles. The standard InChI is InChI=1S/C24H27N5O10S3.2Na/c1-24(2,3)39-22(34)26-15(12-7-5-4-6-8-12)18(30)25-16-19(31)29-17(21(32)33)13(9-40-20(16)29)10-41-23-28-27-14(38-23)11-42(35,36)37;;/h4-8,15-16,20H,9-11H2,1-3H3,(H,25,30)(H,26,34)(H,32,33)(H,35,36,37);;/q;2*+1/p-2/t15?,16?,20-;;/m0../s1. The summed E-state index contributed by atoms with van der Waals surface area (Å²) in [6.45, 7) is 5.01. The maximum absolute atomic E-state index is 13.3. The summed E-state index contributed by atoms with van der Waals surface area (Å²) in [6.07, 6.45) is -0.840. The first kappa shape index (κ1) is 38.6. The van der Waals surface area contributed by atoms with E-state index in [1.54, 1.807) is 51.1 Å². The minimum absolute atomic E-state index is 0. The first-order valence-corrected chi connectivity index (χ1v) is 15.9. The van der Waals surface area contributed by atoms with Gasteiger partial charge in [0.15, 0.2) is 0 Å². The second kappa shape index (κ2) is 15.8. The van der Waals surface area contributed by atoms with Crippen molar-refractivity contribution in [2.45, 2.75) is 54.8 Å². The van der Waals surface area contributed by atoms with Gasteiger partial charge >= 0.3 is 65.2 Å². The summed E-state index contributed by atoms with van der Waals surface area (Å²) in [5, 5.41) is 23.4. The molecular formula is C24H25N5Na2O10S3. The number of nitrogens with zero attached hydrogens (tertiary/aromatic N) is 3. The van der Waals surface area contributed by atoms with Crippen molar-refractivity contribution in [3.05, 3.63) is 53.1 Å². The zero-order chi connectivity index (χ0) is 30.8. The van der Waals surface area contributed by atoms with Crippen LogP contribution in [0.1, 0.15) is 38.3 Å². The third kappa shape index (κ3) is 9.94. The Balaban J connectivity index is 0.00000337. The van der Waals surface area contributed by atoms with E-state index in [2.05, 4.69) is 20.8 Å². The molecule has 2 aliphatic heterocycles. The van der Waals surface area contributed by atoms with E-state index in [4.69, 9.17) is 9.15 Å². The predicted octanol–water partition coefficient (Wildman–Crippen LogP) is -6.12. The molecule has 0 radical (unpaired) electrons. The number of carbonyl (C=O) groups is 4. The largest absolute Gasteiger partial charge is 1.00 e. The Labute approximate surface area is 305 Å². The Kier molecular flexibility index (Phi) is 13.8. The molecule has 20 heteroatoms. The number of aromatic nitrogens is 2. The van der Waals surface area contributed by atoms with E-state index >= 15 is 0 Å². The van der Waals surface area contributed by atoms with Crippen LogP contribution in [0.25, 0.3) is 0 Å². The van der Waals surface area contributed by atoms with Gasteiger partial charge in [-0.2, -0.15) is 0 Å². The zero-order valence-electron chi connectivity index (χ0n) is 24.4. The third-order valence-electron chi connectivity index (χ3n) is 5.71.